The van der Waals surface area contributed by atoms with Gasteiger partial charge in [0.05, 0.1) is 11.4 Å². The average Bonchev–Trinajstić information content (AvgIpc) is 3.75. The summed E-state index contributed by atoms with van der Waals surface area (Å²) in [6.07, 6.45) is 2.84. The van der Waals surface area contributed by atoms with Gasteiger partial charge in [0.25, 0.3) is 5.91 Å². The average molecular weight is 603 g/mol. The van der Waals surface area contributed by atoms with Gasteiger partial charge in [0.15, 0.2) is 0 Å². The first-order valence-corrected chi connectivity index (χ1v) is 16.3. The number of sulfonamides is 1. The van der Waals surface area contributed by atoms with Crippen LogP contribution < -0.4 is 15.4 Å². The molecule has 0 radical (unpaired) electrons. The zero-order chi connectivity index (χ0) is 29.9. The number of ether oxygens (including phenoxy) is 1. The number of β-amino-alcohol motifs (C(OH)–C–C–N with tert-alkyl or cyclic N) is 1. The molecule has 0 spiro atoms. The molecule has 40 heavy (non-hydrogen) atoms. The molecule has 3 aliphatic rings. The number of allylic oxidation sites excluding steroid dienone is 1. The summed E-state index contributed by atoms with van der Waals surface area (Å²) in [4.78, 5) is 53.8. The minimum Gasteiger partial charge on any atom is -0.444 e. The molecule has 4 amide bonds. The summed E-state index contributed by atoms with van der Waals surface area (Å²) in [5.74, 6) is -1.39. The quantitative estimate of drug-likeness (QED) is 0.178. The van der Waals surface area contributed by atoms with Crippen molar-refractivity contribution in [2.75, 3.05) is 18.1 Å². The van der Waals surface area contributed by atoms with Gasteiger partial charge in [-0.1, -0.05) is 13.0 Å². The fourth-order valence-corrected chi connectivity index (χ4v) is 6.98. The Balaban J connectivity index is 1.72. The second-order valence-corrected chi connectivity index (χ2v) is 15.0. The molecule has 1 heterocycles. The van der Waals surface area contributed by atoms with Crippen molar-refractivity contribution >= 4 is 45.6 Å². The Morgan fingerprint density at radius 3 is 2.45 bits per heavy atom. The number of unbranched alkanes of at least 4 members (excludes halogenated alkanes) is 1. The third kappa shape index (κ3) is 8.35. The lowest BCUT2D eigenvalue weighted by Gasteiger charge is -2.30. The molecule has 1 saturated heterocycles. The first-order chi connectivity index (χ1) is 18.6. The molecule has 12 nitrogen and oxygen atoms in total. The smallest absolute Gasteiger partial charge is 0.408 e. The summed E-state index contributed by atoms with van der Waals surface area (Å²) in [5.41, 5.74) is -2.19. The maximum absolute atomic E-state index is 13.7. The molecular formula is C26H42N4O8S2. The summed E-state index contributed by atoms with van der Waals surface area (Å²) < 4.78 is 32.1. The van der Waals surface area contributed by atoms with E-state index in [9.17, 15) is 32.7 Å². The zero-order valence-electron chi connectivity index (χ0n) is 23.6. The van der Waals surface area contributed by atoms with Crippen LogP contribution in [0.4, 0.5) is 4.79 Å². The van der Waals surface area contributed by atoms with Crippen LogP contribution in [0.15, 0.2) is 12.7 Å². The maximum Gasteiger partial charge on any atom is 0.408 e. The van der Waals surface area contributed by atoms with E-state index in [4.69, 9.17) is 4.74 Å². The van der Waals surface area contributed by atoms with Crippen LogP contribution >= 0.6 is 11.8 Å². The first kappa shape index (κ1) is 32.2. The third-order valence-corrected chi connectivity index (χ3v) is 10.1. The van der Waals surface area contributed by atoms with Gasteiger partial charge in [-0.25, -0.2) is 13.2 Å². The van der Waals surface area contributed by atoms with Crippen LogP contribution in [-0.4, -0.2) is 94.9 Å². The normalized spacial score (nSPS) is 26.9. The van der Waals surface area contributed by atoms with Gasteiger partial charge < -0.3 is 25.4 Å². The van der Waals surface area contributed by atoms with E-state index in [1.165, 1.54) is 16.7 Å². The molecule has 1 aliphatic heterocycles. The van der Waals surface area contributed by atoms with Gasteiger partial charge in [0.1, 0.15) is 23.2 Å². The Hall–Kier alpha value is -2.32. The number of aliphatic hydroxyl groups excluding tert-OH is 1. The van der Waals surface area contributed by atoms with Gasteiger partial charge in [0.2, 0.25) is 21.8 Å². The van der Waals surface area contributed by atoms with Gasteiger partial charge in [-0.05, 0) is 64.5 Å². The van der Waals surface area contributed by atoms with Crippen molar-refractivity contribution in [3.63, 3.8) is 0 Å². The highest BCUT2D eigenvalue weighted by molar-refractivity contribution is 7.99. The van der Waals surface area contributed by atoms with Crippen molar-refractivity contribution in [2.45, 2.75) is 101 Å². The van der Waals surface area contributed by atoms with Crippen molar-refractivity contribution in [1.82, 2.24) is 20.3 Å². The second-order valence-electron chi connectivity index (χ2n) is 11.8. The van der Waals surface area contributed by atoms with Gasteiger partial charge in [-0.3, -0.25) is 19.1 Å². The summed E-state index contributed by atoms with van der Waals surface area (Å²) in [6.45, 7) is 10.4. The predicted molar refractivity (Wildman–Crippen MR) is 151 cm³/mol. The van der Waals surface area contributed by atoms with Crippen molar-refractivity contribution in [2.24, 2.45) is 5.92 Å². The Labute approximate surface area is 240 Å². The number of rotatable bonds is 13. The lowest BCUT2D eigenvalue weighted by atomic mass is 10.1. The predicted octanol–water partition coefficient (Wildman–Crippen LogP) is 1.04. The number of thioether (sulfide) groups is 1. The van der Waals surface area contributed by atoms with Crippen LogP contribution in [0.1, 0.15) is 66.2 Å². The number of nitrogens with one attached hydrogen (secondary N) is 3. The van der Waals surface area contributed by atoms with Crippen LogP contribution in [0.3, 0.4) is 0 Å². The van der Waals surface area contributed by atoms with E-state index >= 15 is 0 Å². The Morgan fingerprint density at radius 1 is 1.25 bits per heavy atom. The van der Waals surface area contributed by atoms with E-state index in [1.807, 2.05) is 0 Å². The molecule has 0 bridgehead atoms. The molecular weight excluding hydrogens is 560 g/mol. The molecule has 3 fully saturated rings. The molecule has 0 aromatic carbocycles. The molecule has 0 unspecified atom stereocenters. The minimum absolute atomic E-state index is 0.0599. The summed E-state index contributed by atoms with van der Waals surface area (Å²) >= 11 is 1.46. The van der Waals surface area contributed by atoms with Crippen LogP contribution in [0.5, 0.6) is 0 Å². The molecule has 0 aromatic heterocycles. The summed E-state index contributed by atoms with van der Waals surface area (Å²) in [5, 5.41) is 15.1. The van der Waals surface area contributed by atoms with E-state index < -0.39 is 68.4 Å². The highest BCUT2D eigenvalue weighted by Gasteiger charge is 2.60. The number of amides is 4. The minimum atomic E-state index is -3.81. The number of alkyl carbamates (subject to hydrolysis) is 1. The van der Waals surface area contributed by atoms with E-state index in [-0.39, 0.29) is 31.1 Å². The number of hydrogen-bond donors (Lipinski definition) is 4. The molecule has 2 saturated carbocycles. The largest absolute Gasteiger partial charge is 0.444 e. The molecule has 4 N–H and O–H groups in total. The van der Waals surface area contributed by atoms with Gasteiger partial charge in [0, 0.05) is 18.7 Å². The first-order valence-electron chi connectivity index (χ1n) is 13.6. The van der Waals surface area contributed by atoms with E-state index in [2.05, 4.69) is 21.9 Å². The molecule has 2 aliphatic carbocycles. The van der Waals surface area contributed by atoms with Crippen molar-refractivity contribution in [3.05, 3.63) is 12.7 Å². The summed E-state index contributed by atoms with van der Waals surface area (Å²) in [7, 11) is -3.81. The number of hydrogen-bond acceptors (Lipinski definition) is 9. The van der Waals surface area contributed by atoms with E-state index in [1.54, 1.807) is 33.8 Å². The van der Waals surface area contributed by atoms with Crippen LogP contribution in [0.2, 0.25) is 0 Å². The van der Waals surface area contributed by atoms with Gasteiger partial charge in [-0.2, -0.15) is 11.8 Å². The van der Waals surface area contributed by atoms with E-state index in [0.717, 1.165) is 18.6 Å². The zero-order valence-corrected chi connectivity index (χ0v) is 25.2. The van der Waals surface area contributed by atoms with E-state index in [0.29, 0.717) is 12.8 Å². The number of carbonyl (C=O) groups excluding carboxylic acids is 4. The highest BCUT2D eigenvalue weighted by Crippen LogP contribution is 2.44. The lowest BCUT2D eigenvalue weighted by Crippen LogP contribution is -2.58. The molecule has 5 atom stereocenters. The number of carbonyl (C=O) groups is 4. The Bertz CT molecular complexity index is 1100. The second kappa shape index (κ2) is 12.7. The Kier molecular flexibility index (Phi) is 10.2. The monoisotopic (exact) mass is 602 g/mol. The van der Waals surface area contributed by atoms with Crippen molar-refractivity contribution in [3.8, 4) is 0 Å². The lowest BCUT2D eigenvalue weighted by molar-refractivity contribution is -0.140. The van der Waals surface area contributed by atoms with Gasteiger partial charge >= 0.3 is 6.09 Å². The van der Waals surface area contributed by atoms with Crippen LogP contribution in [-0.2, 0) is 29.1 Å². The number of likely N-dealkylation sites (tertiary alicyclic amines) is 1. The fraction of sp³-hybridized carbons (Fsp3) is 0.769. The fourth-order valence-electron chi connectivity index (χ4n) is 4.62. The maximum atomic E-state index is 13.7. The molecule has 0 aromatic rings. The molecule has 3 rings (SSSR count). The van der Waals surface area contributed by atoms with Crippen molar-refractivity contribution in [1.29, 1.82) is 0 Å². The van der Waals surface area contributed by atoms with Crippen LogP contribution in [0, 0.1) is 5.92 Å². The molecule has 14 heteroatoms. The SMILES string of the molecule is C=CCCCSC[C@H](NC(=O)OC(C)(C)C)C(=O)N1C[C@H](O)C[C@H]1C(=O)N[C@]1(C(=O)NS(=O)(=O)C2CC2)C[C@H]1C. The third-order valence-electron chi connectivity index (χ3n) is 7.09. The highest BCUT2D eigenvalue weighted by atomic mass is 32.2. The van der Waals surface area contributed by atoms with Crippen LogP contribution in [0.25, 0.3) is 0 Å². The number of aliphatic hydroxyl groups is 1. The topological polar surface area (TPSA) is 171 Å². The van der Waals surface area contributed by atoms with Gasteiger partial charge in [-0.15, -0.1) is 6.58 Å². The summed E-state index contributed by atoms with van der Waals surface area (Å²) in [6, 6.07) is -2.13. The van der Waals surface area contributed by atoms with Crippen molar-refractivity contribution < 1.29 is 37.4 Å². The molecule has 226 valence electrons. The number of nitrogens with zero attached hydrogens (tertiary/aromatic N) is 1. The standard InChI is InChI=1S/C26H42N4O8S2/c1-6-7-8-11-39-15-19(27-24(35)38-25(3,4)5)22(33)30-14-17(31)12-20(30)21(32)28-26(13-16(26)2)23(34)29-40(36,37)18-9-10-18/h6,16-20,31H,1,7-15H2,2-5H3,(H,27,35)(H,28,32)(H,29,34)/t16-,17-,19+,20+,26-/m1/s1. The Morgan fingerprint density at radius 2 is 1.90 bits per heavy atom.